The largest absolute Gasteiger partial charge is 0.370 e. The molecule has 2 aromatic rings. The van der Waals surface area contributed by atoms with Crippen molar-refractivity contribution in [1.29, 1.82) is 0 Å². The summed E-state index contributed by atoms with van der Waals surface area (Å²) in [6.45, 7) is 8.34. The van der Waals surface area contributed by atoms with Crippen molar-refractivity contribution in [3.8, 4) is 0 Å². The molecule has 1 aromatic heterocycles. The van der Waals surface area contributed by atoms with Crippen LogP contribution in [-0.2, 0) is 0 Å². The molecule has 4 heteroatoms. The molecular weight excluding hydrogens is 286 g/mol. The lowest BCUT2D eigenvalue weighted by atomic mass is 10.2. The zero-order valence-corrected chi connectivity index (χ0v) is 14.2. The third-order valence-corrected chi connectivity index (χ3v) is 3.61. The maximum atomic E-state index is 12.3. The first kappa shape index (κ1) is 17.0. The molecule has 0 aliphatic rings. The van der Waals surface area contributed by atoms with Gasteiger partial charge in [-0.1, -0.05) is 26.0 Å². The normalized spacial score (nSPS) is 10.4. The molecule has 0 fully saturated rings. The number of amides is 1. The van der Waals surface area contributed by atoms with Crippen LogP contribution < -0.4 is 10.2 Å². The highest BCUT2D eigenvalue weighted by atomic mass is 16.1. The van der Waals surface area contributed by atoms with Crippen LogP contribution in [0.2, 0.25) is 0 Å². The van der Waals surface area contributed by atoms with E-state index in [1.807, 2.05) is 37.3 Å². The van der Waals surface area contributed by atoms with E-state index < -0.39 is 0 Å². The van der Waals surface area contributed by atoms with E-state index in [0.717, 1.165) is 42.9 Å². The van der Waals surface area contributed by atoms with E-state index >= 15 is 0 Å². The zero-order chi connectivity index (χ0) is 16.7. The minimum atomic E-state index is -0.181. The van der Waals surface area contributed by atoms with E-state index in [9.17, 15) is 4.79 Å². The number of nitrogens with one attached hydrogen (secondary N) is 1. The summed E-state index contributed by atoms with van der Waals surface area (Å²) in [6, 6.07) is 11.5. The molecule has 2 rings (SSSR count). The summed E-state index contributed by atoms with van der Waals surface area (Å²) < 4.78 is 0. The lowest BCUT2D eigenvalue weighted by molar-refractivity contribution is 0.102. The fourth-order valence-corrected chi connectivity index (χ4v) is 2.54. The molecule has 0 unspecified atom stereocenters. The van der Waals surface area contributed by atoms with Crippen molar-refractivity contribution >= 4 is 17.3 Å². The number of aryl methyl sites for hydroxylation is 1. The van der Waals surface area contributed by atoms with E-state index in [2.05, 4.69) is 29.0 Å². The fourth-order valence-electron chi connectivity index (χ4n) is 2.54. The second-order valence-electron chi connectivity index (χ2n) is 5.71. The van der Waals surface area contributed by atoms with E-state index in [1.54, 1.807) is 12.3 Å². The topological polar surface area (TPSA) is 45.2 Å². The van der Waals surface area contributed by atoms with Crippen LogP contribution in [0.3, 0.4) is 0 Å². The molecule has 1 amide bonds. The average molecular weight is 311 g/mol. The first-order valence-electron chi connectivity index (χ1n) is 8.23. The van der Waals surface area contributed by atoms with Crippen LogP contribution in [0.5, 0.6) is 0 Å². The molecule has 0 aliphatic carbocycles. The SMILES string of the molecule is CCCN(CCC)c1ccc(C(=O)Nc2cccc(C)c2)nc1. The molecule has 1 heterocycles. The Balaban J connectivity index is 2.07. The van der Waals surface area contributed by atoms with Crippen LogP contribution in [0.4, 0.5) is 11.4 Å². The molecule has 0 radical (unpaired) electrons. The quantitative estimate of drug-likeness (QED) is 0.830. The smallest absolute Gasteiger partial charge is 0.274 e. The lowest BCUT2D eigenvalue weighted by Crippen LogP contribution is -2.25. The molecule has 0 saturated carbocycles. The van der Waals surface area contributed by atoms with Crippen molar-refractivity contribution < 1.29 is 4.79 Å². The third-order valence-electron chi connectivity index (χ3n) is 3.61. The minimum absolute atomic E-state index is 0.181. The van der Waals surface area contributed by atoms with Crippen molar-refractivity contribution in [3.05, 3.63) is 53.9 Å². The number of pyridine rings is 1. The maximum absolute atomic E-state index is 12.3. The Bertz CT molecular complexity index is 631. The highest BCUT2D eigenvalue weighted by Gasteiger charge is 2.10. The van der Waals surface area contributed by atoms with Gasteiger partial charge in [0.05, 0.1) is 11.9 Å². The van der Waals surface area contributed by atoms with Gasteiger partial charge in [-0.15, -0.1) is 0 Å². The lowest BCUT2D eigenvalue weighted by Gasteiger charge is -2.23. The first-order valence-corrected chi connectivity index (χ1v) is 8.23. The van der Waals surface area contributed by atoms with Crippen LogP contribution in [-0.4, -0.2) is 24.0 Å². The van der Waals surface area contributed by atoms with Crippen molar-refractivity contribution in [2.45, 2.75) is 33.6 Å². The molecule has 0 saturated heterocycles. The Morgan fingerprint density at radius 2 is 1.87 bits per heavy atom. The van der Waals surface area contributed by atoms with Gasteiger partial charge in [0.1, 0.15) is 5.69 Å². The number of anilines is 2. The monoisotopic (exact) mass is 311 g/mol. The predicted octanol–water partition coefficient (Wildman–Crippen LogP) is 4.27. The summed E-state index contributed by atoms with van der Waals surface area (Å²) in [5.41, 5.74) is 3.41. The van der Waals surface area contributed by atoms with Crippen molar-refractivity contribution in [3.63, 3.8) is 0 Å². The number of carbonyl (C=O) groups excluding carboxylic acids is 1. The first-order chi connectivity index (χ1) is 11.1. The fraction of sp³-hybridized carbons (Fsp3) is 0.368. The van der Waals surface area contributed by atoms with Gasteiger partial charge in [-0.3, -0.25) is 4.79 Å². The van der Waals surface area contributed by atoms with E-state index in [1.165, 1.54) is 0 Å². The van der Waals surface area contributed by atoms with Gasteiger partial charge in [-0.25, -0.2) is 4.98 Å². The van der Waals surface area contributed by atoms with Gasteiger partial charge >= 0.3 is 0 Å². The summed E-state index contributed by atoms with van der Waals surface area (Å²) in [7, 11) is 0. The van der Waals surface area contributed by atoms with Crippen molar-refractivity contribution in [1.82, 2.24) is 4.98 Å². The number of hydrogen-bond donors (Lipinski definition) is 1. The van der Waals surface area contributed by atoms with E-state index in [0.29, 0.717) is 5.69 Å². The molecule has 0 spiro atoms. The second kappa shape index (κ2) is 8.32. The van der Waals surface area contributed by atoms with Gasteiger partial charge in [-0.2, -0.15) is 0 Å². The number of benzene rings is 1. The number of hydrogen-bond acceptors (Lipinski definition) is 3. The van der Waals surface area contributed by atoms with Crippen LogP contribution in [0.15, 0.2) is 42.6 Å². The second-order valence-corrected chi connectivity index (χ2v) is 5.71. The van der Waals surface area contributed by atoms with Gasteiger partial charge in [0.15, 0.2) is 0 Å². The zero-order valence-electron chi connectivity index (χ0n) is 14.2. The van der Waals surface area contributed by atoms with Crippen molar-refractivity contribution in [2.75, 3.05) is 23.3 Å². The maximum Gasteiger partial charge on any atom is 0.274 e. The molecule has 122 valence electrons. The Morgan fingerprint density at radius 3 is 2.43 bits per heavy atom. The third kappa shape index (κ3) is 4.81. The number of carbonyl (C=O) groups is 1. The summed E-state index contributed by atoms with van der Waals surface area (Å²) in [5.74, 6) is -0.181. The van der Waals surface area contributed by atoms with Gasteiger partial charge in [-0.05, 0) is 49.6 Å². The summed E-state index contributed by atoms with van der Waals surface area (Å²) >= 11 is 0. The molecule has 0 bridgehead atoms. The number of nitrogens with zero attached hydrogens (tertiary/aromatic N) is 2. The van der Waals surface area contributed by atoms with Crippen LogP contribution in [0.1, 0.15) is 42.7 Å². The standard InChI is InChI=1S/C19H25N3O/c1-4-11-22(12-5-2)17-9-10-18(20-14-17)19(23)21-16-8-6-7-15(3)13-16/h6-10,13-14H,4-5,11-12H2,1-3H3,(H,21,23). The van der Waals surface area contributed by atoms with Gasteiger partial charge < -0.3 is 10.2 Å². The predicted molar refractivity (Wildman–Crippen MR) is 96.2 cm³/mol. The highest BCUT2D eigenvalue weighted by Crippen LogP contribution is 2.15. The Morgan fingerprint density at radius 1 is 1.13 bits per heavy atom. The van der Waals surface area contributed by atoms with E-state index in [-0.39, 0.29) is 5.91 Å². The van der Waals surface area contributed by atoms with Crippen LogP contribution in [0.25, 0.3) is 0 Å². The number of rotatable bonds is 7. The molecule has 4 nitrogen and oxygen atoms in total. The van der Waals surface area contributed by atoms with E-state index in [4.69, 9.17) is 0 Å². The van der Waals surface area contributed by atoms with Gasteiger partial charge in [0.25, 0.3) is 5.91 Å². The van der Waals surface area contributed by atoms with Crippen molar-refractivity contribution in [2.24, 2.45) is 0 Å². The van der Waals surface area contributed by atoms with Gasteiger partial charge in [0.2, 0.25) is 0 Å². The summed E-state index contributed by atoms with van der Waals surface area (Å²) in [6.07, 6.45) is 3.97. The molecule has 1 aromatic carbocycles. The average Bonchev–Trinajstić information content (AvgIpc) is 2.55. The Hall–Kier alpha value is -2.36. The number of aromatic nitrogens is 1. The highest BCUT2D eigenvalue weighted by molar-refractivity contribution is 6.02. The summed E-state index contributed by atoms with van der Waals surface area (Å²) in [4.78, 5) is 18.9. The van der Waals surface area contributed by atoms with Crippen LogP contribution in [0, 0.1) is 6.92 Å². The molecule has 1 N–H and O–H groups in total. The Labute approximate surface area is 138 Å². The molecular formula is C19H25N3O. The van der Waals surface area contributed by atoms with Gasteiger partial charge in [0, 0.05) is 18.8 Å². The molecule has 0 atom stereocenters. The van der Waals surface area contributed by atoms with Crippen LogP contribution >= 0.6 is 0 Å². The molecule has 23 heavy (non-hydrogen) atoms. The molecule has 0 aliphatic heterocycles. The minimum Gasteiger partial charge on any atom is -0.370 e. The Kier molecular flexibility index (Phi) is 6.15. The summed E-state index contributed by atoms with van der Waals surface area (Å²) in [5, 5.41) is 2.88.